The monoisotopic (exact) mass is 358 g/mol. The highest BCUT2D eigenvalue weighted by atomic mass is 32.2. The molecule has 2 aromatic carbocycles. The SMILES string of the molecule is COc1cc(C2SCCS2)ccc1OC(=O)C=Cc1ccccc1. The number of methoxy groups -OCH3 is 1. The van der Waals surface area contributed by atoms with E-state index in [1.54, 1.807) is 13.2 Å². The molecule has 0 aliphatic carbocycles. The van der Waals surface area contributed by atoms with E-state index in [-0.39, 0.29) is 0 Å². The summed E-state index contributed by atoms with van der Waals surface area (Å²) in [5.41, 5.74) is 2.14. The van der Waals surface area contributed by atoms with Crippen molar-refractivity contribution in [3.05, 3.63) is 65.7 Å². The van der Waals surface area contributed by atoms with Crippen LogP contribution in [0.4, 0.5) is 0 Å². The van der Waals surface area contributed by atoms with Crippen molar-refractivity contribution in [2.45, 2.75) is 4.58 Å². The second-order valence-corrected chi connectivity index (χ2v) is 7.87. The maximum absolute atomic E-state index is 12.0. The molecule has 0 atom stereocenters. The highest BCUT2D eigenvalue weighted by Gasteiger charge is 2.20. The van der Waals surface area contributed by atoms with Gasteiger partial charge in [0.05, 0.1) is 11.7 Å². The number of carbonyl (C=O) groups is 1. The second-order valence-electron chi connectivity index (χ2n) is 5.15. The minimum Gasteiger partial charge on any atom is -0.493 e. The van der Waals surface area contributed by atoms with E-state index in [9.17, 15) is 4.79 Å². The molecule has 1 aliphatic rings. The Labute approximate surface area is 150 Å². The molecular formula is C19H18O3S2. The van der Waals surface area contributed by atoms with Gasteiger partial charge in [0.2, 0.25) is 0 Å². The molecule has 0 aromatic heterocycles. The smallest absolute Gasteiger partial charge is 0.336 e. The van der Waals surface area contributed by atoms with Crippen molar-refractivity contribution in [1.82, 2.24) is 0 Å². The van der Waals surface area contributed by atoms with Crippen LogP contribution >= 0.6 is 23.5 Å². The molecule has 0 N–H and O–H groups in total. The van der Waals surface area contributed by atoms with Gasteiger partial charge in [0.15, 0.2) is 11.5 Å². The minimum absolute atomic E-state index is 0.422. The maximum atomic E-state index is 12.0. The normalized spacial score (nSPS) is 14.9. The van der Waals surface area contributed by atoms with Crippen LogP contribution in [0.3, 0.4) is 0 Å². The van der Waals surface area contributed by atoms with Gasteiger partial charge in [-0.15, -0.1) is 23.5 Å². The third-order valence-electron chi connectivity index (χ3n) is 3.50. The lowest BCUT2D eigenvalue weighted by molar-refractivity contribution is -0.129. The molecule has 24 heavy (non-hydrogen) atoms. The van der Waals surface area contributed by atoms with Crippen LogP contribution in [-0.4, -0.2) is 24.6 Å². The molecule has 0 radical (unpaired) electrons. The van der Waals surface area contributed by atoms with Gasteiger partial charge in [0.1, 0.15) is 0 Å². The summed E-state index contributed by atoms with van der Waals surface area (Å²) < 4.78 is 11.2. The molecule has 2 aromatic rings. The third-order valence-corrected chi connectivity index (χ3v) is 6.61. The molecule has 0 amide bonds. The summed E-state index contributed by atoms with van der Waals surface area (Å²) in [6.07, 6.45) is 3.15. The first-order valence-electron chi connectivity index (χ1n) is 7.62. The van der Waals surface area contributed by atoms with E-state index in [1.807, 2.05) is 72.1 Å². The average Bonchev–Trinajstić information content (AvgIpc) is 3.16. The summed E-state index contributed by atoms with van der Waals surface area (Å²) in [6, 6.07) is 15.4. The van der Waals surface area contributed by atoms with E-state index in [4.69, 9.17) is 9.47 Å². The Kier molecular flexibility index (Phi) is 5.88. The molecule has 0 unspecified atom stereocenters. The summed E-state index contributed by atoms with van der Waals surface area (Å²) in [5.74, 6) is 2.94. The summed E-state index contributed by atoms with van der Waals surface area (Å²) >= 11 is 3.86. The zero-order valence-corrected chi connectivity index (χ0v) is 14.9. The van der Waals surface area contributed by atoms with Crippen LogP contribution in [0.1, 0.15) is 15.7 Å². The fourth-order valence-corrected chi connectivity index (χ4v) is 5.18. The Hall–Kier alpha value is -1.85. The first-order chi connectivity index (χ1) is 11.8. The molecule has 1 fully saturated rings. The summed E-state index contributed by atoms with van der Waals surface area (Å²) in [4.78, 5) is 12.0. The number of ether oxygens (including phenoxy) is 2. The van der Waals surface area contributed by atoms with Gasteiger partial charge in [-0.2, -0.15) is 0 Å². The summed E-state index contributed by atoms with van der Waals surface area (Å²) in [6.45, 7) is 0. The van der Waals surface area contributed by atoms with Gasteiger partial charge in [-0.25, -0.2) is 4.79 Å². The van der Waals surface area contributed by atoms with Gasteiger partial charge >= 0.3 is 5.97 Å². The van der Waals surface area contributed by atoms with Gasteiger partial charge in [-0.3, -0.25) is 0 Å². The van der Waals surface area contributed by atoms with E-state index < -0.39 is 5.97 Å². The van der Waals surface area contributed by atoms with Crippen LogP contribution in [0.2, 0.25) is 0 Å². The van der Waals surface area contributed by atoms with Crippen molar-refractivity contribution in [3.8, 4) is 11.5 Å². The number of hydrogen-bond acceptors (Lipinski definition) is 5. The van der Waals surface area contributed by atoms with E-state index in [0.29, 0.717) is 16.1 Å². The lowest BCUT2D eigenvalue weighted by Gasteiger charge is -2.13. The standard InChI is InChI=1S/C19H18O3S2/c1-21-17-13-15(19-23-11-12-24-19)8-9-16(17)22-18(20)10-7-14-5-3-2-4-6-14/h2-10,13,19H,11-12H2,1H3. The zero-order valence-electron chi connectivity index (χ0n) is 13.3. The molecule has 1 aliphatic heterocycles. The van der Waals surface area contributed by atoms with Crippen LogP contribution in [-0.2, 0) is 4.79 Å². The van der Waals surface area contributed by atoms with Crippen LogP contribution in [0.25, 0.3) is 6.08 Å². The number of benzene rings is 2. The first kappa shape index (κ1) is 17.0. The van der Waals surface area contributed by atoms with Crippen molar-refractivity contribution in [2.24, 2.45) is 0 Å². The van der Waals surface area contributed by atoms with Gasteiger partial charge in [-0.1, -0.05) is 36.4 Å². The van der Waals surface area contributed by atoms with E-state index in [0.717, 1.165) is 5.56 Å². The van der Waals surface area contributed by atoms with Crippen molar-refractivity contribution in [3.63, 3.8) is 0 Å². The number of rotatable bonds is 5. The quantitative estimate of drug-likeness (QED) is 0.436. The van der Waals surface area contributed by atoms with Crippen LogP contribution < -0.4 is 9.47 Å². The van der Waals surface area contributed by atoms with Crippen molar-refractivity contribution < 1.29 is 14.3 Å². The topological polar surface area (TPSA) is 35.5 Å². The van der Waals surface area contributed by atoms with Crippen molar-refractivity contribution >= 4 is 35.6 Å². The van der Waals surface area contributed by atoms with Crippen molar-refractivity contribution in [2.75, 3.05) is 18.6 Å². The minimum atomic E-state index is -0.422. The first-order valence-corrected chi connectivity index (χ1v) is 9.72. The lowest BCUT2D eigenvalue weighted by Crippen LogP contribution is -2.05. The molecule has 5 heteroatoms. The number of hydrogen-bond donors (Lipinski definition) is 0. The Bertz CT molecular complexity index is 723. The molecular weight excluding hydrogens is 340 g/mol. The van der Waals surface area contributed by atoms with Gasteiger partial charge < -0.3 is 9.47 Å². The Morgan fingerprint density at radius 2 is 1.83 bits per heavy atom. The molecule has 1 saturated heterocycles. The average molecular weight is 358 g/mol. The zero-order chi connectivity index (χ0) is 16.8. The molecule has 3 nitrogen and oxygen atoms in total. The third kappa shape index (κ3) is 4.36. The molecule has 124 valence electrons. The van der Waals surface area contributed by atoms with Crippen LogP contribution in [0.15, 0.2) is 54.6 Å². The fraction of sp³-hybridized carbons (Fsp3) is 0.211. The molecule has 0 spiro atoms. The number of thioether (sulfide) groups is 2. The number of carbonyl (C=O) groups excluding carboxylic acids is 1. The highest BCUT2D eigenvalue weighted by Crippen LogP contribution is 2.46. The Balaban J connectivity index is 1.69. The van der Waals surface area contributed by atoms with Crippen molar-refractivity contribution in [1.29, 1.82) is 0 Å². The van der Waals surface area contributed by atoms with Crippen LogP contribution in [0, 0.1) is 0 Å². The highest BCUT2D eigenvalue weighted by molar-refractivity contribution is 8.19. The molecule has 3 rings (SSSR count). The fourth-order valence-electron chi connectivity index (χ4n) is 2.34. The predicted molar refractivity (Wildman–Crippen MR) is 102 cm³/mol. The Morgan fingerprint density at radius 3 is 2.54 bits per heavy atom. The van der Waals surface area contributed by atoms with Gasteiger partial charge in [0, 0.05) is 17.6 Å². The summed E-state index contributed by atoms with van der Waals surface area (Å²) in [5, 5.41) is 0. The van der Waals surface area contributed by atoms with E-state index in [2.05, 4.69) is 0 Å². The Morgan fingerprint density at radius 1 is 1.08 bits per heavy atom. The predicted octanol–water partition coefficient (Wildman–Crippen LogP) is 4.79. The molecule has 1 heterocycles. The van der Waals surface area contributed by atoms with E-state index in [1.165, 1.54) is 23.1 Å². The maximum Gasteiger partial charge on any atom is 0.336 e. The van der Waals surface area contributed by atoms with Gasteiger partial charge in [-0.05, 0) is 29.3 Å². The van der Waals surface area contributed by atoms with Gasteiger partial charge in [0.25, 0.3) is 0 Å². The largest absolute Gasteiger partial charge is 0.493 e. The molecule has 0 saturated carbocycles. The summed E-state index contributed by atoms with van der Waals surface area (Å²) in [7, 11) is 1.59. The van der Waals surface area contributed by atoms with E-state index >= 15 is 0 Å². The second kappa shape index (κ2) is 8.31. The number of esters is 1. The molecule has 0 bridgehead atoms. The van der Waals surface area contributed by atoms with Crippen LogP contribution in [0.5, 0.6) is 11.5 Å². The lowest BCUT2D eigenvalue weighted by atomic mass is 10.2.